The minimum Gasteiger partial charge on any atom is -0.393 e. The molecule has 22 heavy (non-hydrogen) atoms. The van der Waals surface area contributed by atoms with E-state index >= 15 is 0 Å². The molecule has 0 aliphatic heterocycles. The zero-order valence-corrected chi connectivity index (χ0v) is 12.9. The molecule has 7 nitrogen and oxygen atoms in total. The number of benzene rings is 1. The Labute approximate surface area is 133 Å². The molecular formula is C14H18ClN3O4. The molecule has 1 aromatic rings. The van der Waals surface area contributed by atoms with Crippen molar-refractivity contribution in [1.82, 2.24) is 4.90 Å². The van der Waals surface area contributed by atoms with E-state index in [2.05, 4.69) is 5.32 Å². The number of nitro groups is 1. The average Bonchev–Trinajstić information content (AvgIpc) is 2.86. The fourth-order valence-corrected chi connectivity index (χ4v) is 2.82. The summed E-state index contributed by atoms with van der Waals surface area (Å²) in [5.41, 5.74) is 0.182. The van der Waals surface area contributed by atoms with Crippen molar-refractivity contribution in [2.24, 2.45) is 5.92 Å². The number of urea groups is 1. The highest BCUT2D eigenvalue weighted by atomic mass is 35.5. The van der Waals surface area contributed by atoms with Gasteiger partial charge in [0.05, 0.1) is 21.7 Å². The van der Waals surface area contributed by atoms with Gasteiger partial charge < -0.3 is 15.3 Å². The van der Waals surface area contributed by atoms with E-state index in [1.807, 2.05) is 0 Å². The van der Waals surface area contributed by atoms with Crippen molar-refractivity contribution in [1.29, 1.82) is 0 Å². The summed E-state index contributed by atoms with van der Waals surface area (Å²) in [6, 6.07) is 3.51. The number of nitro benzene ring substituents is 1. The van der Waals surface area contributed by atoms with Gasteiger partial charge in [-0.05, 0) is 18.9 Å². The van der Waals surface area contributed by atoms with Crippen LogP contribution in [0.2, 0.25) is 5.02 Å². The van der Waals surface area contributed by atoms with Crippen LogP contribution >= 0.6 is 11.6 Å². The number of aliphatic hydroxyl groups is 1. The Hall–Kier alpha value is -1.86. The molecule has 1 saturated carbocycles. The van der Waals surface area contributed by atoms with Gasteiger partial charge in [-0.15, -0.1) is 0 Å². The number of carbonyl (C=O) groups excluding carboxylic acids is 1. The average molecular weight is 328 g/mol. The summed E-state index contributed by atoms with van der Waals surface area (Å²) in [5.74, 6) is 0.0862. The van der Waals surface area contributed by atoms with Crippen LogP contribution in [-0.4, -0.2) is 40.7 Å². The topological polar surface area (TPSA) is 95.7 Å². The first-order chi connectivity index (χ1) is 10.4. The molecule has 1 aromatic carbocycles. The number of non-ortho nitro benzene ring substituents is 1. The Kier molecular flexibility index (Phi) is 5.20. The standard InChI is InChI=1S/C14H18ClN3O4/c1-17(8-9-3-2-4-13(9)19)14(20)16-12-6-5-10(18(21)22)7-11(12)15/h5-7,9,13,19H,2-4,8H2,1H3,(H,16,20). The molecule has 120 valence electrons. The number of rotatable bonds is 4. The van der Waals surface area contributed by atoms with Gasteiger partial charge in [0.1, 0.15) is 0 Å². The molecule has 1 aliphatic carbocycles. The van der Waals surface area contributed by atoms with Gasteiger partial charge in [0, 0.05) is 31.6 Å². The first-order valence-electron chi connectivity index (χ1n) is 7.02. The number of carbonyl (C=O) groups is 1. The zero-order chi connectivity index (χ0) is 16.3. The maximum Gasteiger partial charge on any atom is 0.321 e. The second-order valence-corrected chi connectivity index (χ2v) is 5.90. The summed E-state index contributed by atoms with van der Waals surface area (Å²) < 4.78 is 0. The lowest BCUT2D eigenvalue weighted by Crippen LogP contribution is -2.37. The lowest BCUT2D eigenvalue weighted by Gasteiger charge is -2.23. The van der Waals surface area contributed by atoms with E-state index in [9.17, 15) is 20.0 Å². The van der Waals surface area contributed by atoms with E-state index in [0.717, 1.165) is 19.3 Å². The number of nitrogens with one attached hydrogen (secondary N) is 1. The van der Waals surface area contributed by atoms with Gasteiger partial charge in [-0.3, -0.25) is 10.1 Å². The Morgan fingerprint density at radius 2 is 2.27 bits per heavy atom. The van der Waals surface area contributed by atoms with E-state index in [1.165, 1.54) is 23.1 Å². The maximum atomic E-state index is 12.1. The number of amides is 2. The van der Waals surface area contributed by atoms with E-state index in [-0.39, 0.29) is 28.8 Å². The third kappa shape index (κ3) is 3.86. The van der Waals surface area contributed by atoms with Crippen LogP contribution in [0.15, 0.2) is 18.2 Å². The van der Waals surface area contributed by atoms with Crippen LogP contribution in [0, 0.1) is 16.0 Å². The summed E-state index contributed by atoms with van der Waals surface area (Å²) >= 11 is 5.94. The quantitative estimate of drug-likeness (QED) is 0.656. The summed E-state index contributed by atoms with van der Waals surface area (Å²) in [7, 11) is 1.64. The Balaban J connectivity index is 1.97. The Morgan fingerprint density at radius 3 is 2.82 bits per heavy atom. The molecular weight excluding hydrogens is 310 g/mol. The number of hydrogen-bond donors (Lipinski definition) is 2. The molecule has 2 unspecified atom stereocenters. The molecule has 1 aliphatic rings. The van der Waals surface area contributed by atoms with Crippen molar-refractivity contribution >= 4 is 29.0 Å². The molecule has 2 rings (SSSR count). The smallest absolute Gasteiger partial charge is 0.321 e. The van der Waals surface area contributed by atoms with Crippen molar-refractivity contribution in [3.8, 4) is 0 Å². The Bertz CT molecular complexity index is 581. The number of anilines is 1. The van der Waals surface area contributed by atoms with E-state index in [1.54, 1.807) is 7.05 Å². The van der Waals surface area contributed by atoms with Crippen LogP contribution in [0.4, 0.5) is 16.2 Å². The predicted molar refractivity (Wildman–Crippen MR) is 83.1 cm³/mol. The molecule has 0 radical (unpaired) electrons. The minimum atomic E-state index is -0.551. The lowest BCUT2D eigenvalue weighted by atomic mass is 10.1. The SMILES string of the molecule is CN(CC1CCCC1O)C(=O)Nc1ccc([N+](=O)[O-])cc1Cl. The first kappa shape index (κ1) is 16.5. The fraction of sp³-hybridized carbons (Fsp3) is 0.500. The van der Waals surface area contributed by atoms with Crippen molar-refractivity contribution in [3.05, 3.63) is 33.3 Å². The third-order valence-corrected chi connectivity index (χ3v) is 4.19. The van der Waals surface area contributed by atoms with E-state index in [4.69, 9.17) is 11.6 Å². The van der Waals surface area contributed by atoms with Crippen molar-refractivity contribution in [2.75, 3.05) is 18.9 Å². The maximum absolute atomic E-state index is 12.1. The van der Waals surface area contributed by atoms with Crippen LogP contribution in [0.1, 0.15) is 19.3 Å². The summed E-state index contributed by atoms with van der Waals surface area (Å²) in [5, 5.41) is 23.2. The second-order valence-electron chi connectivity index (χ2n) is 5.49. The van der Waals surface area contributed by atoms with Crippen LogP contribution in [0.3, 0.4) is 0 Å². The number of aliphatic hydroxyl groups excluding tert-OH is 1. The van der Waals surface area contributed by atoms with Gasteiger partial charge in [0.2, 0.25) is 0 Å². The molecule has 2 amide bonds. The predicted octanol–water partition coefficient (Wildman–Crippen LogP) is 2.87. The molecule has 2 atom stereocenters. The highest BCUT2D eigenvalue weighted by molar-refractivity contribution is 6.33. The summed E-state index contributed by atoms with van der Waals surface area (Å²) in [4.78, 5) is 23.7. The van der Waals surface area contributed by atoms with Crippen molar-refractivity contribution in [3.63, 3.8) is 0 Å². The van der Waals surface area contributed by atoms with Crippen LogP contribution in [-0.2, 0) is 0 Å². The van der Waals surface area contributed by atoms with Gasteiger partial charge >= 0.3 is 6.03 Å². The van der Waals surface area contributed by atoms with Gasteiger partial charge in [-0.2, -0.15) is 0 Å². The fourth-order valence-electron chi connectivity index (χ4n) is 2.59. The van der Waals surface area contributed by atoms with E-state index in [0.29, 0.717) is 12.2 Å². The lowest BCUT2D eigenvalue weighted by molar-refractivity contribution is -0.384. The third-order valence-electron chi connectivity index (χ3n) is 3.88. The first-order valence-corrected chi connectivity index (χ1v) is 7.40. The van der Waals surface area contributed by atoms with Crippen LogP contribution in [0.5, 0.6) is 0 Å². The minimum absolute atomic E-state index is 0.0862. The second kappa shape index (κ2) is 6.93. The molecule has 0 spiro atoms. The van der Waals surface area contributed by atoms with Crippen molar-refractivity contribution < 1.29 is 14.8 Å². The van der Waals surface area contributed by atoms with E-state index < -0.39 is 4.92 Å². The van der Waals surface area contributed by atoms with Gasteiger partial charge in [0.25, 0.3) is 5.69 Å². The highest BCUT2D eigenvalue weighted by Crippen LogP contribution is 2.28. The number of nitrogens with zero attached hydrogens (tertiary/aromatic N) is 2. The monoisotopic (exact) mass is 327 g/mol. The molecule has 2 N–H and O–H groups in total. The van der Waals surface area contributed by atoms with Crippen molar-refractivity contribution in [2.45, 2.75) is 25.4 Å². The summed E-state index contributed by atoms with van der Waals surface area (Å²) in [6.45, 7) is 0.456. The van der Waals surface area contributed by atoms with Gasteiger partial charge in [-0.1, -0.05) is 18.0 Å². The molecule has 0 saturated heterocycles. The molecule has 8 heteroatoms. The van der Waals surface area contributed by atoms with Gasteiger partial charge in [-0.25, -0.2) is 4.79 Å². The van der Waals surface area contributed by atoms with Gasteiger partial charge in [0.15, 0.2) is 0 Å². The number of hydrogen-bond acceptors (Lipinski definition) is 4. The van der Waals surface area contributed by atoms with Crippen LogP contribution in [0.25, 0.3) is 0 Å². The summed E-state index contributed by atoms with van der Waals surface area (Å²) in [6.07, 6.45) is 2.28. The Morgan fingerprint density at radius 1 is 1.55 bits per heavy atom. The number of halogens is 1. The molecule has 0 heterocycles. The molecule has 0 aromatic heterocycles. The normalized spacial score (nSPS) is 20.7. The zero-order valence-electron chi connectivity index (χ0n) is 12.2. The highest BCUT2D eigenvalue weighted by Gasteiger charge is 2.27. The largest absolute Gasteiger partial charge is 0.393 e. The van der Waals surface area contributed by atoms with Crippen LogP contribution < -0.4 is 5.32 Å². The molecule has 1 fully saturated rings. The molecule has 0 bridgehead atoms.